The molecule has 2 rings (SSSR count). The van der Waals surface area contributed by atoms with Gasteiger partial charge in [-0.05, 0) is 31.0 Å². The Labute approximate surface area is 114 Å². The van der Waals surface area contributed by atoms with Gasteiger partial charge < -0.3 is 15.5 Å². The molecule has 19 heavy (non-hydrogen) atoms. The van der Waals surface area contributed by atoms with Gasteiger partial charge in [-0.15, -0.1) is 0 Å². The van der Waals surface area contributed by atoms with Gasteiger partial charge in [0.1, 0.15) is 11.6 Å². The number of aryl methyl sites for hydroxylation is 2. The zero-order chi connectivity index (χ0) is 13.8. The summed E-state index contributed by atoms with van der Waals surface area (Å²) >= 11 is 0. The second-order valence-electron chi connectivity index (χ2n) is 4.45. The maximum Gasteiger partial charge on any atom is 0.137 e. The largest absolute Gasteiger partial charge is 0.496 e. The number of nitrogens with one attached hydrogen (secondary N) is 1. The third kappa shape index (κ3) is 2.63. The Balaban J connectivity index is 2.44. The first kappa shape index (κ1) is 13.6. The molecular weight excluding hydrogens is 238 g/mol. The molecule has 102 valence electrons. The number of rotatable bonds is 5. The van der Waals surface area contributed by atoms with Gasteiger partial charge in [0, 0.05) is 23.4 Å². The van der Waals surface area contributed by atoms with Crippen molar-refractivity contribution in [2.24, 2.45) is 5.73 Å². The number of benzene rings is 1. The van der Waals surface area contributed by atoms with Gasteiger partial charge in [0.15, 0.2) is 0 Å². The molecule has 0 atom stereocenters. The Morgan fingerprint density at radius 2 is 2.05 bits per heavy atom. The molecular formula is C15H21N3O. The molecule has 0 spiro atoms. The van der Waals surface area contributed by atoms with Gasteiger partial charge in [0.2, 0.25) is 0 Å². The van der Waals surface area contributed by atoms with Gasteiger partial charge in [0.25, 0.3) is 0 Å². The van der Waals surface area contributed by atoms with Crippen LogP contribution in [-0.4, -0.2) is 17.1 Å². The van der Waals surface area contributed by atoms with Crippen LogP contribution in [0.2, 0.25) is 0 Å². The number of methoxy groups -OCH3 is 1. The Morgan fingerprint density at radius 1 is 1.26 bits per heavy atom. The third-order valence-electron chi connectivity index (χ3n) is 3.33. The van der Waals surface area contributed by atoms with E-state index in [-0.39, 0.29) is 0 Å². The van der Waals surface area contributed by atoms with Crippen molar-refractivity contribution < 1.29 is 4.74 Å². The summed E-state index contributed by atoms with van der Waals surface area (Å²) in [5.41, 5.74) is 10.1. The molecule has 2 aromatic rings. The smallest absolute Gasteiger partial charge is 0.137 e. The van der Waals surface area contributed by atoms with Crippen molar-refractivity contribution in [3.05, 3.63) is 35.2 Å². The highest BCUT2D eigenvalue weighted by atomic mass is 16.5. The number of hydrogen-bond donors (Lipinski definition) is 2. The number of ether oxygens (including phenoxy) is 1. The monoisotopic (exact) mass is 259 g/mol. The summed E-state index contributed by atoms with van der Waals surface area (Å²) in [4.78, 5) is 8.06. The average molecular weight is 259 g/mol. The lowest BCUT2D eigenvalue weighted by atomic mass is 10.1. The Kier molecular flexibility index (Phi) is 4.22. The van der Waals surface area contributed by atoms with Gasteiger partial charge >= 0.3 is 0 Å². The Morgan fingerprint density at radius 3 is 2.58 bits per heavy atom. The zero-order valence-electron chi connectivity index (χ0n) is 11.8. The maximum absolute atomic E-state index is 5.75. The predicted octanol–water partition coefficient (Wildman–Crippen LogP) is 2.67. The minimum Gasteiger partial charge on any atom is -0.496 e. The minimum atomic E-state index is 0.457. The molecule has 1 heterocycles. The van der Waals surface area contributed by atoms with Crippen LogP contribution in [0.3, 0.4) is 0 Å². The molecule has 0 fully saturated rings. The molecule has 0 amide bonds. The highest BCUT2D eigenvalue weighted by Crippen LogP contribution is 2.25. The third-order valence-corrected chi connectivity index (χ3v) is 3.33. The lowest BCUT2D eigenvalue weighted by Crippen LogP contribution is -2.00. The molecule has 0 aliphatic rings. The van der Waals surface area contributed by atoms with Crippen molar-refractivity contribution in [2.45, 2.75) is 33.2 Å². The fourth-order valence-corrected chi connectivity index (χ4v) is 2.25. The fourth-order valence-electron chi connectivity index (χ4n) is 2.25. The normalized spacial score (nSPS) is 10.7. The zero-order valence-corrected chi connectivity index (χ0v) is 11.8. The summed E-state index contributed by atoms with van der Waals surface area (Å²) in [6.07, 6.45) is 1.91. The van der Waals surface area contributed by atoms with E-state index in [1.807, 2.05) is 18.2 Å². The van der Waals surface area contributed by atoms with Crippen molar-refractivity contribution in [3.63, 3.8) is 0 Å². The quantitative estimate of drug-likeness (QED) is 0.867. The lowest BCUT2D eigenvalue weighted by molar-refractivity contribution is 0.410. The summed E-state index contributed by atoms with van der Waals surface area (Å²) in [6, 6.07) is 5.99. The second kappa shape index (κ2) is 5.89. The average Bonchev–Trinajstić information content (AvgIpc) is 2.89. The van der Waals surface area contributed by atoms with Crippen LogP contribution in [0.15, 0.2) is 18.2 Å². The van der Waals surface area contributed by atoms with Gasteiger partial charge in [-0.1, -0.05) is 13.8 Å². The van der Waals surface area contributed by atoms with Crippen LogP contribution in [0.4, 0.5) is 0 Å². The summed E-state index contributed by atoms with van der Waals surface area (Å²) in [6.45, 7) is 4.72. The number of hydrogen-bond acceptors (Lipinski definition) is 3. The predicted molar refractivity (Wildman–Crippen MR) is 77.2 cm³/mol. The van der Waals surface area contributed by atoms with Crippen LogP contribution in [-0.2, 0) is 19.4 Å². The molecule has 3 N–H and O–H groups in total. The molecule has 0 saturated heterocycles. The number of H-pyrrole nitrogens is 1. The second-order valence-corrected chi connectivity index (χ2v) is 4.45. The summed E-state index contributed by atoms with van der Waals surface area (Å²) in [7, 11) is 1.66. The summed E-state index contributed by atoms with van der Waals surface area (Å²) in [5.74, 6) is 1.73. The highest BCUT2D eigenvalue weighted by Gasteiger charge is 2.10. The van der Waals surface area contributed by atoms with Gasteiger partial charge in [-0.3, -0.25) is 0 Å². The van der Waals surface area contributed by atoms with E-state index in [4.69, 9.17) is 10.5 Å². The number of aromatic amines is 1. The molecule has 0 saturated carbocycles. The van der Waals surface area contributed by atoms with Gasteiger partial charge in [0.05, 0.1) is 12.8 Å². The summed E-state index contributed by atoms with van der Waals surface area (Å²) in [5, 5.41) is 0. The van der Waals surface area contributed by atoms with E-state index in [1.54, 1.807) is 7.11 Å². The lowest BCUT2D eigenvalue weighted by Gasteiger charge is -2.07. The number of aromatic nitrogens is 2. The number of nitrogens with zero attached hydrogens (tertiary/aromatic N) is 1. The van der Waals surface area contributed by atoms with Crippen molar-refractivity contribution in [1.29, 1.82) is 0 Å². The topological polar surface area (TPSA) is 63.9 Å². The molecule has 1 aromatic heterocycles. The van der Waals surface area contributed by atoms with E-state index in [1.165, 1.54) is 5.69 Å². The van der Waals surface area contributed by atoms with Crippen molar-refractivity contribution >= 4 is 0 Å². The van der Waals surface area contributed by atoms with Crippen LogP contribution in [0.5, 0.6) is 5.75 Å². The molecule has 0 aliphatic carbocycles. The molecule has 0 aliphatic heterocycles. The molecule has 0 bridgehead atoms. The molecule has 0 unspecified atom stereocenters. The highest BCUT2D eigenvalue weighted by molar-refractivity contribution is 5.59. The molecule has 4 nitrogen and oxygen atoms in total. The molecule has 1 aromatic carbocycles. The van der Waals surface area contributed by atoms with Crippen molar-refractivity contribution in [2.75, 3.05) is 7.11 Å². The first-order chi connectivity index (χ1) is 9.23. The van der Waals surface area contributed by atoms with E-state index >= 15 is 0 Å². The van der Waals surface area contributed by atoms with E-state index in [0.717, 1.165) is 41.2 Å². The Bertz CT molecular complexity index is 539. The van der Waals surface area contributed by atoms with E-state index < -0.39 is 0 Å². The van der Waals surface area contributed by atoms with E-state index in [2.05, 4.69) is 23.8 Å². The molecule has 4 heteroatoms. The van der Waals surface area contributed by atoms with Crippen molar-refractivity contribution in [3.8, 4) is 17.1 Å². The van der Waals surface area contributed by atoms with E-state index in [0.29, 0.717) is 6.54 Å². The minimum absolute atomic E-state index is 0.457. The number of nitrogens with two attached hydrogens (primary N) is 1. The van der Waals surface area contributed by atoms with E-state index in [9.17, 15) is 0 Å². The van der Waals surface area contributed by atoms with Crippen LogP contribution in [0.1, 0.15) is 30.8 Å². The SMILES string of the molecule is CCc1nc(-c2ccc(OC)c(CN)c2)[nH]c1CC. The number of imidazole rings is 1. The van der Waals surface area contributed by atoms with Crippen LogP contribution >= 0.6 is 0 Å². The van der Waals surface area contributed by atoms with Crippen LogP contribution in [0.25, 0.3) is 11.4 Å². The van der Waals surface area contributed by atoms with Crippen LogP contribution < -0.4 is 10.5 Å². The first-order valence-electron chi connectivity index (χ1n) is 6.68. The summed E-state index contributed by atoms with van der Waals surface area (Å²) < 4.78 is 5.29. The molecule has 0 radical (unpaired) electrons. The Hall–Kier alpha value is -1.81. The first-order valence-corrected chi connectivity index (χ1v) is 6.68. The standard InChI is InChI=1S/C15H21N3O/c1-4-12-13(5-2)18-15(17-12)10-6-7-14(19-3)11(8-10)9-16/h6-8H,4-5,9,16H2,1-3H3,(H,17,18). The van der Waals surface area contributed by atoms with Crippen LogP contribution in [0, 0.1) is 0 Å². The van der Waals surface area contributed by atoms with Gasteiger partial charge in [-0.25, -0.2) is 4.98 Å². The van der Waals surface area contributed by atoms with Crippen molar-refractivity contribution in [1.82, 2.24) is 9.97 Å². The maximum atomic E-state index is 5.75. The fraction of sp³-hybridized carbons (Fsp3) is 0.400. The van der Waals surface area contributed by atoms with Gasteiger partial charge in [-0.2, -0.15) is 0 Å².